The molecule has 0 aliphatic heterocycles. The molecule has 0 unspecified atom stereocenters. The van der Waals surface area contributed by atoms with Crippen molar-refractivity contribution in [2.75, 3.05) is 13.7 Å². The molecule has 0 saturated carbocycles. The molecule has 0 saturated heterocycles. The number of hydrogen-bond acceptors (Lipinski definition) is 5. The molecule has 28 heavy (non-hydrogen) atoms. The van der Waals surface area contributed by atoms with E-state index in [0.29, 0.717) is 17.6 Å². The van der Waals surface area contributed by atoms with Gasteiger partial charge in [0.05, 0.1) is 19.0 Å². The number of pyridine rings is 1. The Morgan fingerprint density at radius 2 is 1.68 bits per heavy atom. The van der Waals surface area contributed by atoms with Crippen LogP contribution in [0, 0.1) is 0 Å². The summed E-state index contributed by atoms with van der Waals surface area (Å²) in [6, 6.07) is 8.46. The number of benzene rings is 1. The quantitative estimate of drug-likeness (QED) is 0.662. The van der Waals surface area contributed by atoms with E-state index in [1.54, 1.807) is 24.3 Å². The molecule has 1 aromatic carbocycles. The number of alkyl halides is 3. The van der Waals surface area contributed by atoms with E-state index in [1.165, 1.54) is 14.2 Å². The Morgan fingerprint density at radius 3 is 2.29 bits per heavy atom. The van der Waals surface area contributed by atoms with Crippen molar-refractivity contribution < 1.29 is 22.6 Å². The molecule has 0 radical (unpaired) electrons. The van der Waals surface area contributed by atoms with Crippen molar-refractivity contribution in [2.45, 2.75) is 12.7 Å². The van der Waals surface area contributed by atoms with E-state index in [0.717, 1.165) is 15.2 Å². The fourth-order valence-corrected chi connectivity index (χ4v) is 2.66. The second kappa shape index (κ2) is 7.37. The van der Waals surface area contributed by atoms with Gasteiger partial charge in [0.25, 0.3) is 5.56 Å². The van der Waals surface area contributed by atoms with Crippen molar-refractivity contribution in [3.63, 3.8) is 0 Å². The molecular formula is C18H16F3N3O4. The maximum atomic E-state index is 12.8. The van der Waals surface area contributed by atoms with Crippen LogP contribution in [-0.2, 0) is 19.8 Å². The van der Waals surface area contributed by atoms with Crippen molar-refractivity contribution in [3.05, 3.63) is 62.9 Å². The molecule has 3 rings (SSSR count). The van der Waals surface area contributed by atoms with Gasteiger partial charge in [-0.2, -0.15) is 13.2 Å². The monoisotopic (exact) mass is 395 g/mol. The molecule has 0 amide bonds. The first kappa shape index (κ1) is 19.5. The molecule has 0 aliphatic carbocycles. The van der Waals surface area contributed by atoms with E-state index in [1.807, 2.05) is 0 Å². The molecule has 10 heteroatoms. The zero-order valence-electron chi connectivity index (χ0n) is 15.0. The first-order valence-corrected chi connectivity index (χ1v) is 8.17. The summed E-state index contributed by atoms with van der Waals surface area (Å²) in [5, 5.41) is -0.0838. The maximum absolute atomic E-state index is 12.8. The van der Waals surface area contributed by atoms with Crippen molar-refractivity contribution in [1.29, 1.82) is 0 Å². The van der Waals surface area contributed by atoms with Crippen molar-refractivity contribution in [2.24, 2.45) is 7.05 Å². The zero-order valence-corrected chi connectivity index (χ0v) is 15.0. The average molecular weight is 395 g/mol. The Bertz CT molecular complexity index is 1120. The van der Waals surface area contributed by atoms with Crippen molar-refractivity contribution in [1.82, 2.24) is 14.1 Å². The first-order valence-electron chi connectivity index (χ1n) is 8.17. The van der Waals surface area contributed by atoms with Gasteiger partial charge in [0, 0.05) is 7.05 Å². The molecule has 148 valence electrons. The highest BCUT2D eigenvalue weighted by Crippen LogP contribution is 2.28. The van der Waals surface area contributed by atoms with E-state index >= 15 is 0 Å². The number of fused-ring (bicyclic) bond motifs is 1. The SMILES string of the molecule is COc1ccc(OCCn2c(=O)c3ccc(C(F)(F)F)nc3n(C)c2=O)cc1. The summed E-state index contributed by atoms with van der Waals surface area (Å²) in [7, 11) is 2.79. The normalized spacial score (nSPS) is 11.6. The largest absolute Gasteiger partial charge is 0.497 e. The number of aryl methyl sites for hydroxylation is 1. The summed E-state index contributed by atoms with van der Waals surface area (Å²) in [5.41, 5.74) is -2.99. The van der Waals surface area contributed by atoms with Gasteiger partial charge in [0.2, 0.25) is 0 Å². The Labute approximate surface area is 156 Å². The molecule has 7 nitrogen and oxygen atoms in total. The number of methoxy groups -OCH3 is 1. The van der Waals surface area contributed by atoms with Crippen LogP contribution in [0.25, 0.3) is 11.0 Å². The predicted octanol–water partition coefficient (Wildman–Crippen LogP) is 2.20. The lowest BCUT2D eigenvalue weighted by molar-refractivity contribution is -0.141. The van der Waals surface area contributed by atoms with Gasteiger partial charge in [0.1, 0.15) is 29.4 Å². The number of hydrogen-bond donors (Lipinski definition) is 0. The smallest absolute Gasteiger partial charge is 0.433 e. The highest BCUT2D eigenvalue weighted by atomic mass is 19.4. The molecule has 0 spiro atoms. The molecule has 0 aliphatic rings. The summed E-state index contributed by atoms with van der Waals surface area (Å²) in [6.45, 7) is -0.0600. The number of aromatic nitrogens is 3. The lowest BCUT2D eigenvalue weighted by Gasteiger charge is -2.12. The third-order valence-electron chi connectivity index (χ3n) is 4.12. The number of rotatable bonds is 5. The second-order valence-electron chi connectivity index (χ2n) is 5.89. The van der Waals surface area contributed by atoms with Gasteiger partial charge in [-0.25, -0.2) is 9.78 Å². The van der Waals surface area contributed by atoms with Crippen LogP contribution in [0.5, 0.6) is 11.5 Å². The van der Waals surface area contributed by atoms with Crippen LogP contribution in [0.1, 0.15) is 5.69 Å². The van der Waals surface area contributed by atoms with Crippen LogP contribution < -0.4 is 20.7 Å². The van der Waals surface area contributed by atoms with Gasteiger partial charge in [-0.3, -0.25) is 13.9 Å². The van der Waals surface area contributed by atoms with Gasteiger partial charge in [0.15, 0.2) is 0 Å². The van der Waals surface area contributed by atoms with Crippen LogP contribution in [0.15, 0.2) is 46.0 Å². The fraction of sp³-hybridized carbons (Fsp3) is 0.278. The van der Waals surface area contributed by atoms with E-state index in [4.69, 9.17) is 9.47 Å². The fourth-order valence-electron chi connectivity index (χ4n) is 2.66. The summed E-state index contributed by atoms with van der Waals surface area (Å²) in [6.07, 6.45) is -4.68. The van der Waals surface area contributed by atoms with Gasteiger partial charge < -0.3 is 9.47 Å². The molecule has 2 aromatic heterocycles. The summed E-state index contributed by atoms with van der Waals surface area (Å²) < 4.78 is 50.9. The van der Waals surface area contributed by atoms with Crippen LogP contribution in [-0.4, -0.2) is 27.8 Å². The Morgan fingerprint density at radius 1 is 1.04 bits per heavy atom. The highest BCUT2D eigenvalue weighted by Gasteiger charge is 2.33. The van der Waals surface area contributed by atoms with Gasteiger partial charge >= 0.3 is 11.9 Å². The molecule has 0 bridgehead atoms. The van der Waals surface area contributed by atoms with E-state index in [2.05, 4.69) is 4.98 Å². The van der Waals surface area contributed by atoms with Crippen LogP contribution in [0.2, 0.25) is 0 Å². The predicted molar refractivity (Wildman–Crippen MR) is 94.7 cm³/mol. The number of ether oxygens (including phenoxy) is 2. The van der Waals surface area contributed by atoms with Crippen LogP contribution in [0.3, 0.4) is 0 Å². The van der Waals surface area contributed by atoms with Crippen LogP contribution >= 0.6 is 0 Å². The van der Waals surface area contributed by atoms with E-state index in [-0.39, 0.29) is 24.2 Å². The molecule has 3 aromatic rings. The molecular weight excluding hydrogens is 379 g/mol. The Kier molecular flexibility index (Phi) is 5.12. The zero-order chi connectivity index (χ0) is 20.5. The number of halogens is 3. The minimum Gasteiger partial charge on any atom is -0.497 e. The van der Waals surface area contributed by atoms with Crippen molar-refractivity contribution >= 4 is 11.0 Å². The standard InChI is InChI=1S/C18H16F3N3O4/c1-23-15-13(7-8-14(22-15)18(19,20)21)16(25)24(17(23)26)9-10-28-12-5-3-11(27-2)4-6-12/h3-8H,9-10H2,1-2H3. The lowest BCUT2D eigenvalue weighted by Crippen LogP contribution is -2.40. The average Bonchev–Trinajstić information content (AvgIpc) is 2.68. The van der Waals surface area contributed by atoms with Gasteiger partial charge in [-0.05, 0) is 36.4 Å². The van der Waals surface area contributed by atoms with E-state index in [9.17, 15) is 22.8 Å². The minimum atomic E-state index is -4.68. The van der Waals surface area contributed by atoms with Gasteiger partial charge in [-0.15, -0.1) is 0 Å². The molecule has 0 atom stereocenters. The topological polar surface area (TPSA) is 75.3 Å². The molecule has 2 heterocycles. The third kappa shape index (κ3) is 3.71. The van der Waals surface area contributed by atoms with Crippen LogP contribution in [0.4, 0.5) is 13.2 Å². The summed E-state index contributed by atoms with van der Waals surface area (Å²) in [5.74, 6) is 1.17. The summed E-state index contributed by atoms with van der Waals surface area (Å²) >= 11 is 0. The first-order chi connectivity index (χ1) is 13.2. The van der Waals surface area contributed by atoms with Crippen molar-refractivity contribution in [3.8, 4) is 11.5 Å². The highest BCUT2D eigenvalue weighted by molar-refractivity contribution is 5.74. The summed E-state index contributed by atoms with van der Waals surface area (Å²) in [4.78, 5) is 28.4. The third-order valence-corrected chi connectivity index (χ3v) is 4.12. The number of nitrogens with zero attached hydrogens (tertiary/aromatic N) is 3. The minimum absolute atomic E-state index is 0.0149. The lowest BCUT2D eigenvalue weighted by atomic mass is 10.2. The molecule has 0 fully saturated rings. The Balaban J connectivity index is 1.89. The Hall–Kier alpha value is -3.30. The van der Waals surface area contributed by atoms with E-state index < -0.39 is 23.1 Å². The maximum Gasteiger partial charge on any atom is 0.433 e. The molecule has 0 N–H and O–H groups in total. The van der Waals surface area contributed by atoms with Gasteiger partial charge in [-0.1, -0.05) is 0 Å². The second-order valence-corrected chi connectivity index (χ2v) is 5.89.